The first-order valence-corrected chi connectivity index (χ1v) is 11.6. The summed E-state index contributed by atoms with van der Waals surface area (Å²) in [7, 11) is 1.44. The second-order valence-electron chi connectivity index (χ2n) is 8.09. The molecule has 0 aromatic heterocycles. The standard InChI is InChI=1S/C28H23ClN2O5/c1-3-14-36-21-11-6-18(7-12-21)25-24(26(32)19-8-13-22(29)23(15-19)35-2)27(33)28(34)31(25)20-9-4-17(16-30)5-10-20/h4-13,15,25,32H,3,14H2,1-2H3/b26-24-. The summed E-state index contributed by atoms with van der Waals surface area (Å²) in [6.07, 6.45) is 0.852. The number of benzene rings is 3. The van der Waals surface area contributed by atoms with Crippen LogP contribution in [0.4, 0.5) is 5.69 Å². The van der Waals surface area contributed by atoms with Gasteiger partial charge in [-0.2, -0.15) is 5.26 Å². The lowest BCUT2D eigenvalue weighted by molar-refractivity contribution is -0.132. The van der Waals surface area contributed by atoms with E-state index in [0.717, 1.165) is 6.42 Å². The molecule has 7 nitrogen and oxygen atoms in total. The zero-order valence-corrected chi connectivity index (χ0v) is 20.5. The number of carbonyl (C=O) groups excluding carboxylic acids is 2. The molecule has 3 aromatic rings. The summed E-state index contributed by atoms with van der Waals surface area (Å²) in [5, 5.41) is 20.8. The van der Waals surface area contributed by atoms with E-state index in [2.05, 4.69) is 0 Å². The summed E-state index contributed by atoms with van der Waals surface area (Å²) in [5.41, 5.74) is 1.64. The molecular formula is C28H23ClN2O5. The van der Waals surface area contributed by atoms with E-state index in [-0.39, 0.29) is 16.9 Å². The minimum absolute atomic E-state index is 0.0732. The van der Waals surface area contributed by atoms with Gasteiger partial charge in [0.1, 0.15) is 17.3 Å². The maximum absolute atomic E-state index is 13.3. The Labute approximate surface area is 213 Å². The second kappa shape index (κ2) is 10.5. The lowest BCUT2D eigenvalue weighted by Gasteiger charge is -2.25. The van der Waals surface area contributed by atoms with E-state index in [4.69, 9.17) is 26.3 Å². The van der Waals surface area contributed by atoms with Gasteiger partial charge in [0, 0.05) is 11.3 Å². The maximum Gasteiger partial charge on any atom is 0.300 e. The monoisotopic (exact) mass is 502 g/mol. The number of hydrogen-bond acceptors (Lipinski definition) is 6. The lowest BCUT2D eigenvalue weighted by Crippen LogP contribution is -2.29. The van der Waals surface area contributed by atoms with Gasteiger partial charge in [0.2, 0.25) is 0 Å². The zero-order chi connectivity index (χ0) is 25.8. The first-order valence-electron chi connectivity index (χ1n) is 11.3. The van der Waals surface area contributed by atoms with Gasteiger partial charge < -0.3 is 14.6 Å². The number of nitriles is 1. The lowest BCUT2D eigenvalue weighted by atomic mass is 9.95. The third-order valence-corrected chi connectivity index (χ3v) is 6.12. The van der Waals surface area contributed by atoms with E-state index in [1.54, 1.807) is 60.7 Å². The highest BCUT2D eigenvalue weighted by Gasteiger charge is 2.47. The topological polar surface area (TPSA) is 99.9 Å². The number of ketones is 1. The fourth-order valence-electron chi connectivity index (χ4n) is 4.04. The number of carbonyl (C=O) groups is 2. The minimum atomic E-state index is -0.917. The molecule has 4 rings (SSSR count). The number of ether oxygens (including phenoxy) is 2. The Hall–Kier alpha value is -4.28. The van der Waals surface area contributed by atoms with Crippen LogP contribution >= 0.6 is 11.6 Å². The highest BCUT2D eigenvalue weighted by Crippen LogP contribution is 2.43. The van der Waals surface area contributed by atoms with Crippen LogP contribution < -0.4 is 14.4 Å². The van der Waals surface area contributed by atoms with E-state index < -0.39 is 17.7 Å². The first-order chi connectivity index (χ1) is 17.4. The Bertz CT molecular complexity index is 1370. The predicted octanol–water partition coefficient (Wildman–Crippen LogP) is 5.64. The Morgan fingerprint density at radius 3 is 2.39 bits per heavy atom. The van der Waals surface area contributed by atoms with Crippen LogP contribution in [0, 0.1) is 11.3 Å². The van der Waals surface area contributed by atoms with E-state index in [1.807, 2.05) is 13.0 Å². The minimum Gasteiger partial charge on any atom is -0.507 e. The summed E-state index contributed by atoms with van der Waals surface area (Å²) in [6, 6.07) is 19.1. The molecule has 1 heterocycles. The number of anilines is 1. The van der Waals surface area contributed by atoms with Crippen molar-refractivity contribution in [2.24, 2.45) is 0 Å². The quantitative estimate of drug-likeness (QED) is 0.255. The molecule has 1 saturated heterocycles. The van der Waals surface area contributed by atoms with Crippen LogP contribution in [0.3, 0.4) is 0 Å². The molecule has 0 saturated carbocycles. The van der Waals surface area contributed by atoms with Crippen molar-refractivity contribution in [2.45, 2.75) is 19.4 Å². The summed E-state index contributed by atoms with van der Waals surface area (Å²) < 4.78 is 10.9. The van der Waals surface area contributed by atoms with Crippen LogP contribution in [0.5, 0.6) is 11.5 Å². The third kappa shape index (κ3) is 4.64. The van der Waals surface area contributed by atoms with Crippen molar-refractivity contribution in [1.82, 2.24) is 0 Å². The van der Waals surface area contributed by atoms with Gasteiger partial charge in [-0.25, -0.2) is 0 Å². The van der Waals surface area contributed by atoms with Gasteiger partial charge in [0.15, 0.2) is 0 Å². The first kappa shape index (κ1) is 24.8. The van der Waals surface area contributed by atoms with Crippen molar-refractivity contribution < 1.29 is 24.2 Å². The normalized spacial score (nSPS) is 16.6. The maximum atomic E-state index is 13.3. The molecule has 1 amide bonds. The molecule has 1 aliphatic rings. The number of methoxy groups -OCH3 is 1. The summed E-state index contributed by atoms with van der Waals surface area (Å²) in [6.45, 7) is 2.56. The van der Waals surface area contributed by atoms with E-state index in [1.165, 1.54) is 18.1 Å². The largest absolute Gasteiger partial charge is 0.507 e. The molecule has 1 N–H and O–H groups in total. The number of amides is 1. The van der Waals surface area contributed by atoms with Gasteiger partial charge in [0.25, 0.3) is 11.7 Å². The van der Waals surface area contributed by atoms with Gasteiger partial charge in [-0.15, -0.1) is 0 Å². The number of aliphatic hydroxyl groups is 1. The van der Waals surface area contributed by atoms with Crippen molar-refractivity contribution >= 4 is 34.7 Å². The number of nitrogens with zero attached hydrogens (tertiary/aromatic N) is 2. The van der Waals surface area contributed by atoms with Crippen LogP contribution in [0.2, 0.25) is 5.02 Å². The zero-order valence-electron chi connectivity index (χ0n) is 19.7. The fraction of sp³-hybridized carbons (Fsp3) is 0.179. The Morgan fingerprint density at radius 1 is 1.08 bits per heavy atom. The Balaban J connectivity index is 1.88. The van der Waals surface area contributed by atoms with Gasteiger partial charge in [-0.3, -0.25) is 14.5 Å². The highest BCUT2D eigenvalue weighted by molar-refractivity contribution is 6.51. The molecule has 36 heavy (non-hydrogen) atoms. The highest BCUT2D eigenvalue weighted by atomic mass is 35.5. The van der Waals surface area contributed by atoms with Gasteiger partial charge in [-0.05, 0) is 66.6 Å². The number of Topliss-reactive ketones (excluding diaryl/α,β-unsaturated/α-hetero) is 1. The van der Waals surface area contributed by atoms with Gasteiger partial charge >= 0.3 is 0 Å². The van der Waals surface area contributed by atoms with Crippen molar-refractivity contribution in [2.75, 3.05) is 18.6 Å². The molecule has 8 heteroatoms. The number of hydrogen-bond donors (Lipinski definition) is 1. The Morgan fingerprint density at radius 2 is 1.78 bits per heavy atom. The van der Waals surface area contributed by atoms with Crippen molar-refractivity contribution in [3.8, 4) is 17.6 Å². The average molecular weight is 503 g/mol. The fourth-order valence-corrected chi connectivity index (χ4v) is 4.23. The molecule has 0 radical (unpaired) electrons. The molecule has 0 bridgehead atoms. The summed E-state index contributed by atoms with van der Waals surface area (Å²) >= 11 is 6.13. The van der Waals surface area contributed by atoms with Crippen LogP contribution in [0.1, 0.15) is 36.1 Å². The Kier molecular flexibility index (Phi) is 7.28. The van der Waals surface area contributed by atoms with Crippen LogP contribution in [0.15, 0.2) is 72.3 Å². The van der Waals surface area contributed by atoms with Crippen molar-refractivity contribution in [1.29, 1.82) is 5.26 Å². The molecular weight excluding hydrogens is 480 g/mol. The second-order valence-corrected chi connectivity index (χ2v) is 8.50. The molecule has 0 spiro atoms. The molecule has 1 aliphatic heterocycles. The molecule has 3 aromatic carbocycles. The SMILES string of the molecule is CCCOc1ccc(C2/C(=C(/O)c3ccc(Cl)c(OC)c3)C(=O)C(=O)N2c2ccc(C#N)cc2)cc1. The van der Waals surface area contributed by atoms with E-state index in [0.29, 0.717) is 39.9 Å². The van der Waals surface area contributed by atoms with Gasteiger partial charge in [0.05, 0.1) is 42.0 Å². The van der Waals surface area contributed by atoms with Crippen LogP contribution in [-0.4, -0.2) is 30.5 Å². The summed E-state index contributed by atoms with van der Waals surface area (Å²) in [5.74, 6) is -1.01. The molecule has 1 atom stereocenters. The molecule has 1 fully saturated rings. The van der Waals surface area contributed by atoms with E-state index >= 15 is 0 Å². The average Bonchev–Trinajstić information content (AvgIpc) is 3.17. The van der Waals surface area contributed by atoms with Crippen LogP contribution in [-0.2, 0) is 9.59 Å². The smallest absolute Gasteiger partial charge is 0.300 e. The summed E-state index contributed by atoms with van der Waals surface area (Å²) in [4.78, 5) is 27.9. The molecule has 182 valence electrons. The van der Waals surface area contributed by atoms with Crippen molar-refractivity contribution in [3.63, 3.8) is 0 Å². The predicted molar refractivity (Wildman–Crippen MR) is 136 cm³/mol. The third-order valence-electron chi connectivity index (χ3n) is 5.81. The number of rotatable bonds is 7. The van der Waals surface area contributed by atoms with Crippen molar-refractivity contribution in [3.05, 3.63) is 94.0 Å². The van der Waals surface area contributed by atoms with Crippen LogP contribution in [0.25, 0.3) is 5.76 Å². The number of aliphatic hydroxyl groups excluding tert-OH is 1. The molecule has 1 unspecified atom stereocenters. The molecule has 0 aliphatic carbocycles. The van der Waals surface area contributed by atoms with E-state index in [9.17, 15) is 14.7 Å². The number of halogens is 1. The van der Waals surface area contributed by atoms with Gasteiger partial charge in [-0.1, -0.05) is 30.7 Å².